The molecule has 6 nitrogen and oxygen atoms in total. The van der Waals surface area contributed by atoms with Crippen LogP contribution in [0.25, 0.3) is 0 Å². The lowest BCUT2D eigenvalue weighted by molar-refractivity contribution is -0.143. The predicted octanol–water partition coefficient (Wildman–Crippen LogP) is 0.576. The lowest BCUT2D eigenvalue weighted by Crippen LogP contribution is -2.33. The third-order valence-corrected chi connectivity index (χ3v) is 3.98. The van der Waals surface area contributed by atoms with Gasteiger partial charge in [0.2, 0.25) is 10.0 Å². The van der Waals surface area contributed by atoms with Crippen LogP contribution < -0.4 is 0 Å². The number of rotatable bonds is 5. The van der Waals surface area contributed by atoms with Crippen molar-refractivity contribution in [2.24, 2.45) is 0 Å². The Morgan fingerprint density at radius 3 is 2.67 bits per heavy atom. The highest BCUT2D eigenvalue weighted by atomic mass is 32.2. The lowest BCUT2D eigenvalue weighted by atomic mass is 10.3. The van der Waals surface area contributed by atoms with Gasteiger partial charge in [-0.05, 0) is 25.1 Å². The fourth-order valence-corrected chi connectivity index (χ4v) is 2.45. The van der Waals surface area contributed by atoms with E-state index in [-0.39, 0.29) is 23.8 Å². The lowest BCUT2D eigenvalue weighted by Gasteiger charge is -2.16. The fourth-order valence-electron chi connectivity index (χ4n) is 1.30. The van der Waals surface area contributed by atoms with E-state index in [4.69, 9.17) is 0 Å². The number of carbonyl (C=O) groups is 1. The maximum atomic E-state index is 12.0. The predicted molar refractivity (Wildman–Crippen MR) is 64.6 cm³/mol. The van der Waals surface area contributed by atoms with Crippen LogP contribution in [0.1, 0.15) is 6.92 Å². The molecular formula is C11H15NO5S. The zero-order valence-electron chi connectivity index (χ0n) is 10.2. The Balaban J connectivity index is 2.90. The molecule has 0 fully saturated rings. The van der Waals surface area contributed by atoms with Crippen molar-refractivity contribution in [3.63, 3.8) is 0 Å². The minimum atomic E-state index is -3.80. The molecule has 0 bridgehead atoms. The van der Waals surface area contributed by atoms with Gasteiger partial charge in [-0.1, -0.05) is 6.07 Å². The zero-order valence-corrected chi connectivity index (χ0v) is 11.0. The molecule has 0 aliphatic carbocycles. The van der Waals surface area contributed by atoms with E-state index in [0.29, 0.717) is 0 Å². The smallest absolute Gasteiger partial charge is 0.321 e. The molecule has 1 rings (SSSR count). The van der Waals surface area contributed by atoms with Crippen LogP contribution in [0.15, 0.2) is 29.2 Å². The summed E-state index contributed by atoms with van der Waals surface area (Å²) in [6.07, 6.45) is 0. The molecule has 0 saturated heterocycles. The number of hydrogen-bond acceptors (Lipinski definition) is 5. The number of esters is 1. The zero-order chi connectivity index (χ0) is 13.8. The first kappa shape index (κ1) is 14.5. The third-order valence-electron chi connectivity index (χ3n) is 2.18. The number of hydrogen-bond donors (Lipinski definition) is 1. The molecule has 0 aliphatic rings. The molecule has 0 spiro atoms. The van der Waals surface area contributed by atoms with Crippen LogP contribution in [0.3, 0.4) is 0 Å². The van der Waals surface area contributed by atoms with E-state index in [9.17, 15) is 18.3 Å². The summed E-state index contributed by atoms with van der Waals surface area (Å²) >= 11 is 0. The van der Waals surface area contributed by atoms with E-state index in [1.165, 1.54) is 25.2 Å². The topological polar surface area (TPSA) is 83.9 Å². The van der Waals surface area contributed by atoms with Gasteiger partial charge in [0.05, 0.1) is 11.5 Å². The molecule has 0 amide bonds. The number of sulfonamides is 1. The minimum absolute atomic E-state index is 0.0747. The van der Waals surface area contributed by atoms with Gasteiger partial charge in [-0.15, -0.1) is 0 Å². The van der Waals surface area contributed by atoms with E-state index in [2.05, 4.69) is 4.74 Å². The fraction of sp³-hybridized carbons (Fsp3) is 0.364. The second kappa shape index (κ2) is 5.83. The summed E-state index contributed by atoms with van der Waals surface area (Å²) in [4.78, 5) is 11.1. The van der Waals surface area contributed by atoms with Gasteiger partial charge in [-0.25, -0.2) is 8.42 Å². The van der Waals surface area contributed by atoms with Crippen molar-refractivity contribution >= 4 is 16.0 Å². The summed E-state index contributed by atoms with van der Waals surface area (Å²) in [5, 5.41) is 9.25. The highest BCUT2D eigenvalue weighted by Crippen LogP contribution is 2.18. The van der Waals surface area contributed by atoms with Crippen LogP contribution in [0.2, 0.25) is 0 Å². The first-order valence-electron chi connectivity index (χ1n) is 5.29. The van der Waals surface area contributed by atoms with Gasteiger partial charge in [0.1, 0.15) is 12.3 Å². The van der Waals surface area contributed by atoms with Crippen molar-refractivity contribution in [1.29, 1.82) is 0 Å². The summed E-state index contributed by atoms with van der Waals surface area (Å²) < 4.78 is 29.6. The van der Waals surface area contributed by atoms with E-state index in [1.54, 1.807) is 6.92 Å². The number of phenols is 1. The summed E-state index contributed by atoms with van der Waals surface area (Å²) in [6.45, 7) is 1.46. The summed E-state index contributed by atoms with van der Waals surface area (Å²) in [6, 6.07) is 5.25. The number of phenolic OH excluding ortho intramolecular Hbond substituents is 1. The second-order valence-electron chi connectivity index (χ2n) is 3.56. The van der Waals surface area contributed by atoms with Crippen molar-refractivity contribution < 1.29 is 23.1 Å². The normalized spacial score (nSPS) is 11.5. The van der Waals surface area contributed by atoms with Gasteiger partial charge in [0, 0.05) is 7.05 Å². The van der Waals surface area contributed by atoms with Gasteiger partial charge in [0.15, 0.2) is 0 Å². The molecule has 7 heteroatoms. The molecule has 0 aliphatic heterocycles. The highest BCUT2D eigenvalue weighted by molar-refractivity contribution is 7.89. The van der Waals surface area contributed by atoms with Crippen LogP contribution in [0.4, 0.5) is 0 Å². The number of likely N-dealkylation sites (N-methyl/N-ethyl adjacent to an activating group) is 1. The SMILES string of the molecule is CCOC(=O)CN(C)S(=O)(=O)c1cccc(O)c1. The molecule has 1 aromatic rings. The second-order valence-corrected chi connectivity index (χ2v) is 5.61. The maximum absolute atomic E-state index is 12.0. The van der Waals surface area contributed by atoms with Gasteiger partial charge in [0.25, 0.3) is 0 Å². The molecule has 1 N–H and O–H groups in total. The van der Waals surface area contributed by atoms with Crippen LogP contribution in [-0.4, -0.2) is 44.0 Å². The Labute approximate surface area is 106 Å². The molecule has 18 heavy (non-hydrogen) atoms. The van der Waals surface area contributed by atoms with Crippen molar-refractivity contribution in [1.82, 2.24) is 4.31 Å². The maximum Gasteiger partial charge on any atom is 0.321 e. The molecule has 100 valence electrons. The van der Waals surface area contributed by atoms with Gasteiger partial charge in [-0.2, -0.15) is 4.31 Å². The van der Waals surface area contributed by atoms with E-state index in [1.807, 2.05) is 0 Å². The first-order chi connectivity index (χ1) is 8.37. The van der Waals surface area contributed by atoms with Crippen molar-refractivity contribution in [3.05, 3.63) is 24.3 Å². The van der Waals surface area contributed by atoms with E-state index >= 15 is 0 Å². The molecule has 0 aromatic heterocycles. The number of ether oxygens (including phenoxy) is 1. The minimum Gasteiger partial charge on any atom is -0.508 e. The third kappa shape index (κ3) is 3.44. The monoisotopic (exact) mass is 273 g/mol. The van der Waals surface area contributed by atoms with Crippen LogP contribution in [0.5, 0.6) is 5.75 Å². The summed E-state index contributed by atoms with van der Waals surface area (Å²) in [5.74, 6) is -0.774. The molecule has 0 radical (unpaired) electrons. The average Bonchev–Trinajstić information content (AvgIpc) is 2.29. The number of benzene rings is 1. The first-order valence-corrected chi connectivity index (χ1v) is 6.73. The molecule has 0 unspecified atom stereocenters. The molecule has 0 saturated carbocycles. The quantitative estimate of drug-likeness (QED) is 0.793. The van der Waals surface area contributed by atoms with Crippen molar-refractivity contribution in [3.8, 4) is 5.75 Å². The van der Waals surface area contributed by atoms with Gasteiger partial charge in [-0.3, -0.25) is 4.79 Å². The van der Waals surface area contributed by atoms with Gasteiger partial charge >= 0.3 is 5.97 Å². The molecular weight excluding hydrogens is 258 g/mol. The Morgan fingerprint density at radius 2 is 2.11 bits per heavy atom. The Hall–Kier alpha value is -1.60. The molecule has 1 aromatic carbocycles. The van der Waals surface area contributed by atoms with Crippen molar-refractivity contribution in [2.75, 3.05) is 20.2 Å². The summed E-state index contributed by atoms with van der Waals surface area (Å²) in [5.41, 5.74) is 0. The van der Waals surface area contributed by atoms with Gasteiger partial charge < -0.3 is 9.84 Å². The number of nitrogens with zero attached hydrogens (tertiary/aromatic N) is 1. The van der Waals surface area contributed by atoms with Crippen molar-refractivity contribution in [2.45, 2.75) is 11.8 Å². The number of carbonyl (C=O) groups excluding carboxylic acids is 1. The van der Waals surface area contributed by atoms with E-state index < -0.39 is 16.0 Å². The Kier molecular flexibility index (Phi) is 4.69. The average molecular weight is 273 g/mol. The molecule has 0 heterocycles. The largest absolute Gasteiger partial charge is 0.508 e. The van der Waals surface area contributed by atoms with Crippen LogP contribution in [0, 0.1) is 0 Å². The Bertz CT molecular complexity index is 526. The summed E-state index contributed by atoms with van der Waals surface area (Å²) in [7, 11) is -2.53. The highest BCUT2D eigenvalue weighted by Gasteiger charge is 2.23. The molecule has 0 atom stereocenters. The van der Waals surface area contributed by atoms with E-state index in [0.717, 1.165) is 10.4 Å². The van der Waals surface area contributed by atoms with Crippen LogP contribution in [-0.2, 0) is 19.6 Å². The van der Waals surface area contributed by atoms with Crippen LogP contribution >= 0.6 is 0 Å². The Morgan fingerprint density at radius 1 is 1.44 bits per heavy atom. The standard InChI is InChI=1S/C11H15NO5S/c1-3-17-11(14)8-12(2)18(15,16)10-6-4-5-9(13)7-10/h4-7,13H,3,8H2,1-2H3. The number of aromatic hydroxyl groups is 1.